The molecule has 5 rings (SSSR count). The molecule has 11 nitrogen and oxygen atoms in total. The second-order valence-corrected chi connectivity index (χ2v) is 14.3. The van der Waals surface area contributed by atoms with Crippen LogP contribution < -0.4 is 23.6 Å². The highest BCUT2D eigenvalue weighted by Gasteiger charge is 2.22. The van der Waals surface area contributed by atoms with Crippen LogP contribution in [0.25, 0.3) is 5.69 Å². The van der Waals surface area contributed by atoms with Gasteiger partial charge in [0.1, 0.15) is 27.0 Å². The van der Waals surface area contributed by atoms with Gasteiger partial charge in [-0.1, -0.05) is 35.4 Å². The van der Waals surface area contributed by atoms with Gasteiger partial charge in [0.15, 0.2) is 11.5 Å². The summed E-state index contributed by atoms with van der Waals surface area (Å²) in [6.07, 6.45) is 0. The monoisotopic (exact) mass is 693 g/mol. The standard InChI is InChI=1S/C20H22N2O4S.C15H17NO4S/c1-13-6-8-17(9-7-13)27(23,24)26-20-10-14(2)19(25-5)12-18(20)22-16(4)11-15(3)21-22;1-10-4-6-12(7-5-10)21(17,18)20-15-8-11(2)14(19-3)9-13(15)16/h6-12H,1-5H3;4-9H,16H2,1-3H3. The van der Waals surface area contributed by atoms with E-state index in [1.165, 1.54) is 37.4 Å². The molecule has 0 aliphatic carbocycles. The Hall–Kier alpha value is -5.01. The number of rotatable bonds is 9. The average Bonchev–Trinajstić information content (AvgIpc) is 3.36. The van der Waals surface area contributed by atoms with E-state index in [1.807, 2.05) is 40.7 Å². The smallest absolute Gasteiger partial charge is 0.339 e. The zero-order valence-corrected chi connectivity index (χ0v) is 29.7. The Morgan fingerprint density at radius 2 is 1.02 bits per heavy atom. The number of anilines is 1. The van der Waals surface area contributed by atoms with Crippen molar-refractivity contribution < 1.29 is 34.7 Å². The summed E-state index contributed by atoms with van der Waals surface area (Å²) in [5.74, 6) is 1.49. The van der Waals surface area contributed by atoms with Crippen LogP contribution in [0.3, 0.4) is 0 Å². The van der Waals surface area contributed by atoms with Crippen LogP contribution >= 0.6 is 0 Å². The van der Waals surface area contributed by atoms with Crippen LogP contribution in [0.1, 0.15) is 33.6 Å². The number of nitrogens with two attached hydrogens (primary N) is 1. The van der Waals surface area contributed by atoms with Gasteiger partial charge in [0.05, 0.1) is 25.6 Å². The minimum absolute atomic E-state index is 0.0842. The fraction of sp³-hybridized carbons (Fsp3) is 0.229. The Morgan fingerprint density at radius 1 is 0.583 bits per heavy atom. The molecular weight excluding hydrogens is 655 g/mol. The lowest BCUT2D eigenvalue weighted by molar-refractivity contribution is 0.410. The molecule has 0 spiro atoms. The first-order valence-corrected chi connectivity index (χ1v) is 17.5. The van der Waals surface area contributed by atoms with E-state index in [1.54, 1.807) is 61.2 Å². The maximum Gasteiger partial charge on any atom is 0.339 e. The Kier molecular flexibility index (Phi) is 10.8. The lowest BCUT2D eigenvalue weighted by atomic mass is 10.2. The van der Waals surface area contributed by atoms with Gasteiger partial charge in [-0.2, -0.15) is 21.9 Å². The Balaban J connectivity index is 0.000000224. The second-order valence-electron chi connectivity index (χ2n) is 11.2. The molecule has 254 valence electrons. The summed E-state index contributed by atoms with van der Waals surface area (Å²) in [4.78, 5) is 0.182. The van der Waals surface area contributed by atoms with Crippen LogP contribution in [0.4, 0.5) is 5.69 Å². The van der Waals surface area contributed by atoms with Gasteiger partial charge in [-0.25, -0.2) is 4.68 Å². The highest BCUT2D eigenvalue weighted by molar-refractivity contribution is 7.87. The fourth-order valence-corrected chi connectivity index (χ4v) is 6.57. The zero-order valence-electron chi connectivity index (χ0n) is 28.1. The molecule has 0 radical (unpaired) electrons. The Morgan fingerprint density at radius 3 is 1.46 bits per heavy atom. The van der Waals surface area contributed by atoms with E-state index in [-0.39, 0.29) is 27.0 Å². The van der Waals surface area contributed by atoms with E-state index in [9.17, 15) is 16.8 Å². The van der Waals surface area contributed by atoms with Gasteiger partial charge in [0.25, 0.3) is 0 Å². The predicted octanol–water partition coefficient (Wildman–Crippen LogP) is 6.54. The van der Waals surface area contributed by atoms with Crippen molar-refractivity contribution in [1.29, 1.82) is 0 Å². The van der Waals surface area contributed by atoms with Gasteiger partial charge >= 0.3 is 20.2 Å². The molecular formula is C35H39N3O8S2. The van der Waals surface area contributed by atoms with E-state index in [2.05, 4.69) is 5.10 Å². The van der Waals surface area contributed by atoms with Gasteiger partial charge in [0, 0.05) is 17.8 Å². The van der Waals surface area contributed by atoms with Gasteiger partial charge in [0.2, 0.25) is 0 Å². The molecule has 0 saturated heterocycles. The number of ether oxygens (including phenoxy) is 2. The molecule has 0 aliphatic rings. The third-order valence-corrected chi connectivity index (χ3v) is 9.76. The van der Waals surface area contributed by atoms with Crippen molar-refractivity contribution in [3.05, 3.63) is 113 Å². The number of aromatic nitrogens is 2. The molecule has 0 aliphatic heterocycles. The minimum atomic E-state index is -3.98. The number of aryl methyl sites for hydroxylation is 6. The van der Waals surface area contributed by atoms with E-state index in [0.29, 0.717) is 17.2 Å². The second kappa shape index (κ2) is 14.4. The minimum Gasteiger partial charge on any atom is -0.496 e. The van der Waals surface area contributed by atoms with Crippen molar-refractivity contribution in [2.75, 3.05) is 20.0 Å². The number of nitrogen functional groups attached to an aromatic ring is 1. The van der Waals surface area contributed by atoms with Gasteiger partial charge < -0.3 is 23.6 Å². The first kappa shape index (κ1) is 35.8. The van der Waals surface area contributed by atoms with Crippen molar-refractivity contribution in [2.24, 2.45) is 0 Å². The largest absolute Gasteiger partial charge is 0.496 e. The fourth-order valence-electron chi connectivity index (χ4n) is 4.69. The highest BCUT2D eigenvalue weighted by Crippen LogP contribution is 2.34. The molecule has 2 N–H and O–H groups in total. The molecule has 0 atom stereocenters. The molecule has 5 aromatic rings. The normalized spacial score (nSPS) is 11.3. The van der Waals surface area contributed by atoms with Crippen LogP contribution in [-0.2, 0) is 20.2 Å². The van der Waals surface area contributed by atoms with Crippen LogP contribution in [0.5, 0.6) is 23.0 Å². The summed E-state index contributed by atoms with van der Waals surface area (Å²) >= 11 is 0. The first-order valence-electron chi connectivity index (χ1n) is 14.7. The first-order chi connectivity index (χ1) is 22.5. The van der Waals surface area contributed by atoms with E-state index < -0.39 is 20.2 Å². The van der Waals surface area contributed by atoms with Crippen molar-refractivity contribution in [3.8, 4) is 28.7 Å². The highest BCUT2D eigenvalue weighted by atomic mass is 32.2. The van der Waals surface area contributed by atoms with Gasteiger partial charge in [-0.3, -0.25) is 0 Å². The molecule has 0 bridgehead atoms. The lowest BCUT2D eigenvalue weighted by Crippen LogP contribution is -2.13. The predicted molar refractivity (Wildman–Crippen MR) is 184 cm³/mol. The summed E-state index contributed by atoms with van der Waals surface area (Å²) in [6, 6.07) is 21.3. The summed E-state index contributed by atoms with van der Waals surface area (Å²) in [5.41, 5.74) is 11.6. The van der Waals surface area contributed by atoms with Crippen LogP contribution in [0.2, 0.25) is 0 Å². The molecule has 13 heteroatoms. The number of methoxy groups -OCH3 is 2. The lowest BCUT2D eigenvalue weighted by Gasteiger charge is -2.16. The number of hydrogen-bond acceptors (Lipinski definition) is 10. The Labute approximate surface area is 282 Å². The molecule has 0 amide bonds. The van der Waals surface area contributed by atoms with Gasteiger partial charge in [-0.15, -0.1) is 0 Å². The molecule has 48 heavy (non-hydrogen) atoms. The van der Waals surface area contributed by atoms with E-state index >= 15 is 0 Å². The maximum absolute atomic E-state index is 12.8. The van der Waals surface area contributed by atoms with E-state index in [0.717, 1.165) is 33.6 Å². The van der Waals surface area contributed by atoms with Gasteiger partial charge in [-0.05, 0) is 95.1 Å². The molecule has 1 aromatic heterocycles. The summed E-state index contributed by atoms with van der Waals surface area (Å²) in [6.45, 7) is 11.1. The maximum atomic E-state index is 12.8. The van der Waals surface area contributed by atoms with E-state index in [4.69, 9.17) is 23.6 Å². The van der Waals surface area contributed by atoms with Crippen LogP contribution in [0.15, 0.2) is 88.7 Å². The number of hydrogen-bond donors (Lipinski definition) is 1. The van der Waals surface area contributed by atoms with Crippen LogP contribution in [-0.4, -0.2) is 40.8 Å². The van der Waals surface area contributed by atoms with Crippen molar-refractivity contribution in [3.63, 3.8) is 0 Å². The Bertz CT molecular complexity index is 2140. The van der Waals surface area contributed by atoms with Crippen molar-refractivity contribution in [1.82, 2.24) is 9.78 Å². The average molecular weight is 694 g/mol. The third kappa shape index (κ3) is 8.28. The molecule has 0 unspecified atom stereocenters. The molecule has 0 saturated carbocycles. The zero-order chi connectivity index (χ0) is 35.4. The topological polar surface area (TPSA) is 149 Å². The summed E-state index contributed by atoms with van der Waals surface area (Å²) in [7, 11) is -4.81. The third-order valence-electron chi connectivity index (χ3n) is 7.26. The summed E-state index contributed by atoms with van der Waals surface area (Å²) < 4.78 is 72.8. The van der Waals surface area contributed by atoms with Crippen LogP contribution in [0, 0.1) is 41.5 Å². The number of nitrogens with zero attached hydrogens (tertiary/aromatic N) is 2. The summed E-state index contributed by atoms with van der Waals surface area (Å²) in [5, 5.41) is 4.45. The quantitative estimate of drug-likeness (QED) is 0.133. The molecule has 0 fully saturated rings. The number of benzene rings is 4. The molecule has 4 aromatic carbocycles. The van der Waals surface area contributed by atoms with Crippen molar-refractivity contribution >= 4 is 25.9 Å². The SMILES string of the molecule is COc1cc(-n2nc(C)cc2C)c(OS(=O)(=O)c2ccc(C)cc2)cc1C.COc1cc(N)c(OS(=O)(=O)c2ccc(C)cc2)cc1C. The molecule has 1 heterocycles. The van der Waals surface area contributed by atoms with Crippen molar-refractivity contribution in [2.45, 2.75) is 51.3 Å².